The standard InChI is InChI=1S/C19H19ClN4OS2/c1-3-5-6-16-22-23-18(27-16)21-19-24(11-4-2)17(25)15(26-19)12-13-7-9-14(20)10-8-13/h4,7-10,12H,2-3,5-6,11H2,1H3/b15-12+,21-19?. The fourth-order valence-electron chi connectivity index (χ4n) is 2.39. The molecule has 1 aromatic heterocycles. The number of aryl methyl sites for hydroxylation is 1. The molecule has 0 N–H and O–H groups in total. The highest BCUT2D eigenvalue weighted by Crippen LogP contribution is 2.34. The van der Waals surface area contributed by atoms with Crippen molar-refractivity contribution in [2.75, 3.05) is 6.54 Å². The molecule has 0 unspecified atom stereocenters. The lowest BCUT2D eigenvalue weighted by Crippen LogP contribution is -2.29. The molecule has 1 amide bonds. The zero-order valence-corrected chi connectivity index (χ0v) is 17.3. The largest absolute Gasteiger partial charge is 0.282 e. The number of amides is 1. The van der Waals surface area contributed by atoms with E-state index in [1.54, 1.807) is 23.1 Å². The Bertz CT molecular complexity index is 889. The van der Waals surface area contributed by atoms with Gasteiger partial charge in [0.2, 0.25) is 5.13 Å². The maximum atomic E-state index is 12.8. The van der Waals surface area contributed by atoms with E-state index in [4.69, 9.17) is 11.6 Å². The van der Waals surface area contributed by atoms with Gasteiger partial charge in [-0.15, -0.1) is 16.8 Å². The molecule has 8 heteroatoms. The minimum atomic E-state index is -0.0932. The number of rotatable bonds is 7. The highest BCUT2D eigenvalue weighted by molar-refractivity contribution is 8.18. The summed E-state index contributed by atoms with van der Waals surface area (Å²) in [5.74, 6) is -0.0932. The molecule has 1 fully saturated rings. The fraction of sp³-hybridized carbons (Fsp3) is 0.263. The van der Waals surface area contributed by atoms with Crippen LogP contribution in [-0.2, 0) is 11.2 Å². The van der Waals surface area contributed by atoms with E-state index < -0.39 is 0 Å². The van der Waals surface area contributed by atoms with Crippen molar-refractivity contribution in [1.29, 1.82) is 0 Å². The quantitative estimate of drug-likeness (QED) is 0.450. The van der Waals surface area contributed by atoms with Gasteiger partial charge in [0.15, 0.2) is 5.17 Å². The lowest BCUT2D eigenvalue weighted by molar-refractivity contribution is -0.121. The number of nitrogens with zero attached hydrogens (tertiary/aromatic N) is 4. The van der Waals surface area contributed by atoms with Gasteiger partial charge in [0.1, 0.15) is 5.01 Å². The summed E-state index contributed by atoms with van der Waals surface area (Å²) < 4.78 is 0. The Morgan fingerprint density at radius 2 is 2.07 bits per heavy atom. The molecule has 1 aliphatic heterocycles. The van der Waals surface area contributed by atoms with E-state index in [0.29, 0.717) is 26.8 Å². The lowest BCUT2D eigenvalue weighted by atomic mass is 10.2. The number of hydrogen-bond donors (Lipinski definition) is 0. The number of hydrogen-bond acceptors (Lipinski definition) is 6. The number of halogens is 1. The average molecular weight is 419 g/mol. The Labute approximate surface area is 171 Å². The Balaban J connectivity index is 1.85. The van der Waals surface area contributed by atoms with Crippen LogP contribution in [0.3, 0.4) is 0 Å². The first-order valence-corrected chi connectivity index (χ1v) is 10.6. The topological polar surface area (TPSA) is 58.5 Å². The summed E-state index contributed by atoms with van der Waals surface area (Å²) in [6.07, 6.45) is 6.62. The number of carbonyl (C=O) groups is 1. The van der Waals surface area contributed by atoms with Gasteiger partial charge in [-0.25, -0.2) is 0 Å². The SMILES string of the molecule is C=CCN1C(=O)/C(=C\c2ccc(Cl)cc2)SC1=Nc1nnc(CCCC)s1. The molecule has 0 aliphatic carbocycles. The molecule has 0 saturated carbocycles. The van der Waals surface area contributed by atoms with Crippen LogP contribution in [0.25, 0.3) is 6.08 Å². The van der Waals surface area contributed by atoms with Crippen LogP contribution >= 0.6 is 34.7 Å². The summed E-state index contributed by atoms with van der Waals surface area (Å²) in [5.41, 5.74) is 0.910. The minimum Gasteiger partial charge on any atom is -0.282 e. The number of aliphatic imine (C=N–C) groups is 1. The molecular weight excluding hydrogens is 400 g/mol. The van der Waals surface area contributed by atoms with Gasteiger partial charge in [-0.1, -0.05) is 54.5 Å². The van der Waals surface area contributed by atoms with Gasteiger partial charge < -0.3 is 0 Å². The van der Waals surface area contributed by atoms with Crippen molar-refractivity contribution in [3.8, 4) is 0 Å². The van der Waals surface area contributed by atoms with E-state index in [2.05, 4.69) is 28.7 Å². The van der Waals surface area contributed by atoms with Crippen LogP contribution in [0.2, 0.25) is 5.02 Å². The molecule has 2 heterocycles. The van der Waals surface area contributed by atoms with Crippen LogP contribution in [0, 0.1) is 0 Å². The van der Waals surface area contributed by atoms with Gasteiger partial charge >= 0.3 is 0 Å². The average Bonchev–Trinajstić information content (AvgIpc) is 3.22. The maximum Gasteiger partial charge on any atom is 0.267 e. The summed E-state index contributed by atoms with van der Waals surface area (Å²) in [6, 6.07) is 7.35. The van der Waals surface area contributed by atoms with Gasteiger partial charge in [-0.3, -0.25) is 9.69 Å². The van der Waals surface area contributed by atoms with E-state index in [9.17, 15) is 4.79 Å². The summed E-state index contributed by atoms with van der Waals surface area (Å²) in [6.45, 7) is 6.28. The molecule has 140 valence electrons. The zero-order valence-electron chi connectivity index (χ0n) is 14.9. The van der Waals surface area contributed by atoms with Crippen molar-refractivity contribution in [2.45, 2.75) is 26.2 Å². The molecule has 1 aliphatic rings. The van der Waals surface area contributed by atoms with E-state index in [1.807, 2.05) is 18.2 Å². The van der Waals surface area contributed by atoms with Gasteiger partial charge in [-0.2, -0.15) is 4.99 Å². The highest BCUT2D eigenvalue weighted by atomic mass is 35.5. The number of unbranched alkanes of at least 4 members (excludes halogenated alkanes) is 1. The number of amidine groups is 1. The van der Waals surface area contributed by atoms with Crippen LogP contribution in [0.5, 0.6) is 0 Å². The third-order valence-electron chi connectivity index (χ3n) is 3.76. The third-order valence-corrected chi connectivity index (χ3v) is 5.89. The first-order valence-electron chi connectivity index (χ1n) is 8.59. The molecule has 5 nitrogen and oxygen atoms in total. The summed E-state index contributed by atoms with van der Waals surface area (Å²) in [5, 5.41) is 11.1. The number of aromatic nitrogens is 2. The van der Waals surface area contributed by atoms with E-state index in [1.165, 1.54) is 23.1 Å². The number of thioether (sulfide) groups is 1. The van der Waals surface area contributed by atoms with Crippen molar-refractivity contribution in [1.82, 2.24) is 15.1 Å². The molecule has 0 bridgehead atoms. The summed E-state index contributed by atoms with van der Waals surface area (Å²) in [4.78, 5) is 19.5. The second kappa shape index (κ2) is 9.30. The Morgan fingerprint density at radius 1 is 1.30 bits per heavy atom. The maximum absolute atomic E-state index is 12.8. The molecule has 2 aromatic rings. The van der Waals surface area contributed by atoms with Gasteiger partial charge in [0, 0.05) is 18.0 Å². The Kier molecular flexibility index (Phi) is 6.82. The van der Waals surface area contributed by atoms with Crippen LogP contribution < -0.4 is 0 Å². The van der Waals surface area contributed by atoms with Crippen molar-refractivity contribution >= 4 is 57.0 Å². The lowest BCUT2D eigenvalue weighted by Gasteiger charge is -2.11. The first-order chi connectivity index (χ1) is 13.1. The van der Waals surface area contributed by atoms with Crippen LogP contribution in [0.1, 0.15) is 30.3 Å². The smallest absolute Gasteiger partial charge is 0.267 e. The second-order valence-electron chi connectivity index (χ2n) is 5.84. The number of benzene rings is 1. The van der Waals surface area contributed by atoms with Gasteiger partial charge in [0.05, 0.1) is 4.91 Å². The van der Waals surface area contributed by atoms with Crippen molar-refractivity contribution in [3.63, 3.8) is 0 Å². The predicted octanol–water partition coefficient (Wildman–Crippen LogP) is 5.32. The van der Waals surface area contributed by atoms with E-state index in [0.717, 1.165) is 29.8 Å². The zero-order chi connectivity index (χ0) is 19.2. The normalized spacial score (nSPS) is 17.3. The fourth-order valence-corrected chi connectivity index (χ4v) is 4.32. The summed E-state index contributed by atoms with van der Waals surface area (Å²) in [7, 11) is 0. The van der Waals surface area contributed by atoms with Crippen molar-refractivity contribution in [3.05, 3.63) is 57.4 Å². The molecule has 0 radical (unpaired) electrons. The van der Waals surface area contributed by atoms with Crippen molar-refractivity contribution in [2.24, 2.45) is 4.99 Å². The first kappa shape index (κ1) is 19.8. The molecule has 1 saturated heterocycles. The van der Waals surface area contributed by atoms with Crippen LogP contribution in [0.15, 0.2) is 46.8 Å². The molecule has 1 aromatic carbocycles. The summed E-state index contributed by atoms with van der Waals surface area (Å²) >= 11 is 8.73. The molecular formula is C19H19ClN4OS2. The van der Waals surface area contributed by atoms with Gasteiger partial charge in [-0.05, 0) is 42.0 Å². The van der Waals surface area contributed by atoms with E-state index in [-0.39, 0.29) is 5.91 Å². The molecule has 0 spiro atoms. The van der Waals surface area contributed by atoms with Crippen LogP contribution in [0.4, 0.5) is 5.13 Å². The third kappa shape index (κ3) is 5.06. The molecule has 0 atom stereocenters. The van der Waals surface area contributed by atoms with E-state index >= 15 is 0 Å². The highest BCUT2D eigenvalue weighted by Gasteiger charge is 2.32. The molecule has 3 rings (SSSR count). The van der Waals surface area contributed by atoms with Crippen LogP contribution in [-0.4, -0.2) is 32.7 Å². The second-order valence-corrected chi connectivity index (χ2v) is 8.33. The number of carbonyl (C=O) groups excluding carboxylic acids is 1. The minimum absolute atomic E-state index is 0.0932. The Hall–Kier alpha value is -1.96. The monoisotopic (exact) mass is 418 g/mol. The Morgan fingerprint density at radius 3 is 2.78 bits per heavy atom. The molecule has 27 heavy (non-hydrogen) atoms. The predicted molar refractivity (Wildman–Crippen MR) is 115 cm³/mol. The van der Waals surface area contributed by atoms with Crippen molar-refractivity contribution < 1.29 is 4.79 Å². The van der Waals surface area contributed by atoms with Gasteiger partial charge in [0.25, 0.3) is 5.91 Å².